The molecule has 1 heterocycles. The first-order chi connectivity index (χ1) is 42.0. The molecule has 1 saturated heterocycles. The molecule has 1 aromatic rings. The van der Waals surface area contributed by atoms with E-state index >= 15 is 4.79 Å². The predicted molar refractivity (Wildman–Crippen MR) is 325 cm³/mol. The summed E-state index contributed by atoms with van der Waals surface area (Å²) in [5.74, 6) is -17.3. The topological polar surface area (TPSA) is 529 Å². The molecule has 0 aromatic heterocycles. The van der Waals surface area contributed by atoms with Gasteiger partial charge in [0.1, 0.15) is 48.3 Å². The zero-order valence-electron chi connectivity index (χ0n) is 53.0. The number of nitrogens with two attached hydrogens (primary N) is 3. The van der Waals surface area contributed by atoms with Crippen LogP contribution in [0.5, 0.6) is 0 Å². The molecule has 11 amide bonds. The molecule has 0 radical (unpaired) electrons. The summed E-state index contributed by atoms with van der Waals surface area (Å²) in [6, 6.07) is -10.7. The van der Waals surface area contributed by atoms with Gasteiger partial charge in [0.15, 0.2) is 24.2 Å². The number of guanidine groups is 1. The molecule has 0 bridgehead atoms. The highest BCUT2D eigenvalue weighted by Crippen LogP contribution is 2.25. The van der Waals surface area contributed by atoms with Gasteiger partial charge >= 0.3 is 5.97 Å². The van der Waals surface area contributed by atoms with Crippen LogP contribution in [-0.4, -0.2) is 196 Å². The van der Waals surface area contributed by atoms with Crippen molar-refractivity contribution in [2.75, 3.05) is 19.7 Å². The van der Waals surface area contributed by atoms with E-state index < -0.39 is 187 Å². The van der Waals surface area contributed by atoms with Crippen molar-refractivity contribution in [2.45, 2.75) is 200 Å². The highest BCUT2D eigenvalue weighted by Gasteiger charge is 2.44. The van der Waals surface area contributed by atoms with E-state index in [1.54, 1.807) is 41.5 Å². The van der Waals surface area contributed by atoms with Gasteiger partial charge < -0.3 is 101 Å². The molecule has 22 N–H and O–H groups in total. The second-order valence-electron chi connectivity index (χ2n) is 24.1. The van der Waals surface area contributed by atoms with Crippen molar-refractivity contribution >= 4 is 76.9 Å². The Morgan fingerprint density at radius 3 is 1.73 bits per heavy atom. The number of hydrogen-bond acceptors (Lipinski definition) is 19. The Balaban J connectivity index is 3.13. The highest BCUT2D eigenvalue weighted by molar-refractivity contribution is 6.00. The van der Waals surface area contributed by atoms with Gasteiger partial charge in [-0.2, -0.15) is 0 Å². The Bertz CT molecular complexity index is 2630. The number of nitrogens with one attached hydrogen (secondary N) is 12. The first-order valence-corrected chi connectivity index (χ1v) is 30.1. The van der Waals surface area contributed by atoms with E-state index in [0.29, 0.717) is 0 Å². The van der Waals surface area contributed by atoms with Crippen molar-refractivity contribution in [1.29, 1.82) is 5.41 Å². The number of benzene rings is 1. The third-order valence-corrected chi connectivity index (χ3v) is 14.5. The van der Waals surface area contributed by atoms with Gasteiger partial charge in [-0.25, -0.2) is 4.79 Å². The fourth-order valence-corrected chi connectivity index (χ4v) is 9.28. The molecule has 32 nitrogen and oxygen atoms in total. The van der Waals surface area contributed by atoms with E-state index in [9.17, 15) is 73.2 Å². The summed E-state index contributed by atoms with van der Waals surface area (Å²) in [5.41, 5.74) is 17.0. The van der Waals surface area contributed by atoms with Gasteiger partial charge in [0.05, 0.1) is 31.4 Å². The van der Waals surface area contributed by atoms with E-state index in [2.05, 4.69) is 47.9 Å². The van der Waals surface area contributed by atoms with Gasteiger partial charge in [0.2, 0.25) is 65.0 Å². The molecule has 1 fully saturated rings. The number of hydrogen-bond donors (Lipinski definition) is 19. The monoisotopic (exact) mass is 1280 g/mol. The fourth-order valence-electron chi connectivity index (χ4n) is 9.28. The van der Waals surface area contributed by atoms with E-state index in [4.69, 9.17) is 27.3 Å². The normalized spacial score (nSPS) is 24.7. The lowest BCUT2D eigenvalue weighted by Gasteiger charge is -2.34. The Kier molecular flexibility index (Phi) is 32.8. The van der Waals surface area contributed by atoms with E-state index in [-0.39, 0.29) is 68.4 Å². The summed E-state index contributed by atoms with van der Waals surface area (Å²) in [7, 11) is 0. The van der Waals surface area contributed by atoms with E-state index in [0.717, 1.165) is 6.92 Å². The van der Waals surface area contributed by atoms with Crippen molar-refractivity contribution < 1.29 is 82.7 Å². The second kappa shape index (κ2) is 37.8. The SMILES string of the molecule is CC[C@H](C)[C@@H]1NC(=O)[C@@H](CCCNC(=N)N)NC(=O)[C@H](CC(C)C)NC(=O)[C@H]([C@H](O)C(C)C)NC(=O)[C@@H](NC(=O)[C@H](CC(C)C)NC(=O)[C@H](N)CC(C)C)[C@@H](c2ccccc2)OC(=O)C(CO)NC(=O)[C@H]([C@H](O)C(N)=O)NC(=O)CNC(=O)[C@H]([C@H](C)O)NC1=O. The molecule has 15 atom stereocenters. The number of ether oxygens (including phenoxy) is 1. The van der Waals surface area contributed by atoms with Crippen LogP contribution >= 0.6 is 0 Å². The minimum atomic E-state index is -2.57. The quantitative estimate of drug-likeness (QED) is 0.0211. The van der Waals surface area contributed by atoms with Crippen molar-refractivity contribution in [2.24, 2.45) is 46.8 Å². The second-order valence-corrected chi connectivity index (χ2v) is 24.1. The van der Waals surface area contributed by atoms with Gasteiger partial charge in [-0.3, -0.25) is 58.1 Å². The minimum absolute atomic E-state index is 0.0148. The van der Waals surface area contributed by atoms with Crippen molar-refractivity contribution in [1.82, 2.24) is 58.5 Å². The standard InChI is InChI=1S/C58H97N15O17/c1-12-30(10)39-53(85)71-40(31(11)75)52(84)64-24-38(76)69-42(45(78)47(60)79)55(87)68-37(25-74)57(89)90-46(32-17-14-13-15-18-32)43(73-51(83)36(23-28(6)7)66-48(80)33(59)21-26(2)3)56(88)72-41(44(77)29(8)9)54(86)67-35(22-27(4)5)50(82)65-34(49(81)70-39)19-16-20-63-58(61)62/h13-15,17-18,26-31,33-37,39-46,74-75,77-78H,12,16,19-25,59H2,1-11H3,(H2,60,79)(H,64,84)(H,65,82)(H,66,80)(H,67,86)(H,68,87)(H,69,76)(H,70,81)(H,71,85)(H,72,88)(H,73,83)(H4,61,62,63)/t30-,31-,33+,34+,35-,36-,37?,39-,40-,41-,42-,43-,44+,45-,46+/m0/s1. The highest BCUT2D eigenvalue weighted by atomic mass is 16.5. The number of primary amides is 1. The molecular formula is C58H97N15O17. The first kappa shape index (κ1) is 78.0. The van der Waals surface area contributed by atoms with Crippen LogP contribution in [0.1, 0.15) is 126 Å². The van der Waals surface area contributed by atoms with Crippen LogP contribution in [-0.2, 0) is 62.3 Å². The van der Waals surface area contributed by atoms with Crippen LogP contribution in [0, 0.1) is 35.0 Å². The molecule has 1 aliphatic rings. The van der Waals surface area contributed by atoms with Gasteiger partial charge in [-0.1, -0.05) is 106 Å². The van der Waals surface area contributed by atoms with Crippen LogP contribution in [0.3, 0.4) is 0 Å². The van der Waals surface area contributed by atoms with Crippen molar-refractivity contribution in [3.63, 3.8) is 0 Å². The number of aliphatic hydroxyl groups excluding tert-OH is 4. The Labute approximate surface area is 523 Å². The zero-order valence-corrected chi connectivity index (χ0v) is 53.0. The van der Waals surface area contributed by atoms with Gasteiger partial charge in [0.25, 0.3) is 0 Å². The number of carbonyl (C=O) groups is 12. The number of amides is 11. The largest absolute Gasteiger partial charge is 0.453 e. The zero-order chi connectivity index (χ0) is 68.4. The lowest BCUT2D eigenvalue weighted by Crippen LogP contribution is -2.64. The van der Waals surface area contributed by atoms with Crippen LogP contribution in [0.25, 0.3) is 0 Å². The summed E-state index contributed by atoms with van der Waals surface area (Å²) in [4.78, 5) is 170. The number of carbonyl (C=O) groups excluding carboxylic acids is 12. The van der Waals surface area contributed by atoms with Crippen LogP contribution < -0.4 is 75.7 Å². The summed E-state index contributed by atoms with van der Waals surface area (Å²) < 4.78 is 5.92. The Morgan fingerprint density at radius 2 is 1.20 bits per heavy atom. The average molecular weight is 1280 g/mol. The lowest BCUT2D eigenvalue weighted by atomic mass is 9.95. The number of cyclic esters (lactones) is 1. The first-order valence-electron chi connectivity index (χ1n) is 30.1. The molecule has 1 aliphatic heterocycles. The maximum atomic E-state index is 15.3. The molecule has 90 heavy (non-hydrogen) atoms. The van der Waals surface area contributed by atoms with Gasteiger partial charge in [0, 0.05) is 6.54 Å². The smallest absolute Gasteiger partial charge is 0.331 e. The summed E-state index contributed by atoms with van der Waals surface area (Å²) in [6.07, 6.45) is -8.03. The molecule has 0 saturated carbocycles. The average Bonchev–Trinajstić information content (AvgIpc) is 1.47. The third kappa shape index (κ3) is 25.4. The summed E-state index contributed by atoms with van der Waals surface area (Å²) >= 11 is 0. The maximum absolute atomic E-state index is 15.3. The predicted octanol–water partition coefficient (Wildman–Crippen LogP) is -5.22. The lowest BCUT2D eigenvalue weighted by molar-refractivity contribution is -0.159. The third-order valence-electron chi connectivity index (χ3n) is 14.5. The Morgan fingerprint density at radius 1 is 0.656 bits per heavy atom. The van der Waals surface area contributed by atoms with Crippen LogP contribution in [0.2, 0.25) is 0 Å². The van der Waals surface area contributed by atoms with Crippen molar-refractivity contribution in [3.8, 4) is 0 Å². The molecule has 1 aromatic carbocycles. The molecule has 2 rings (SSSR count). The summed E-state index contributed by atoms with van der Waals surface area (Å²) in [5, 5.41) is 78.2. The van der Waals surface area contributed by atoms with E-state index in [1.807, 2.05) is 24.5 Å². The fraction of sp³-hybridized carbons (Fsp3) is 0.672. The molecule has 0 spiro atoms. The molecule has 1 unspecified atom stereocenters. The maximum Gasteiger partial charge on any atom is 0.331 e. The molecule has 0 aliphatic carbocycles. The molecule has 506 valence electrons. The van der Waals surface area contributed by atoms with Crippen molar-refractivity contribution in [3.05, 3.63) is 35.9 Å². The molecule has 32 heteroatoms. The van der Waals surface area contributed by atoms with E-state index in [1.165, 1.54) is 44.2 Å². The number of esters is 1. The van der Waals surface area contributed by atoms with Crippen LogP contribution in [0.4, 0.5) is 0 Å². The number of rotatable bonds is 23. The van der Waals surface area contributed by atoms with Crippen LogP contribution in [0.15, 0.2) is 30.3 Å². The molecular weight excluding hydrogens is 1180 g/mol. The van der Waals surface area contributed by atoms with Gasteiger partial charge in [-0.05, 0) is 74.2 Å². The number of aliphatic hydroxyl groups is 4. The minimum Gasteiger partial charge on any atom is -0.453 e. The summed E-state index contributed by atoms with van der Waals surface area (Å²) in [6.45, 7) is 15.4. The Hall–Kier alpha value is -8.07. The van der Waals surface area contributed by atoms with Gasteiger partial charge in [-0.15, -0.1) is 0 Å².